The fourth-order valence-electron chi connectivity index (χ4n) is 5.08. The molecule has 1 saturated heterocycles. The molecule has 1 aliphatic heterocycles. The number of rotatable bonds is 9. The van der Waals surface area contributed by atoms with E-state index in [0.29, 0.717) is 12.4 Å². The number of aliphatic hydroxyl groups is 2. The van der Waals surface area contributed by atoms with Crippen molar-refractivity contribution in [2.75, 3.05) is 13.2 Å². The topological polar surface area (TPSA) is 123 Å². The van der Waals surface area contributed by atoms with Crippen LogP contribution in [0, 0.1) is 0 Å². The van der Waals surface area contributed by atoms with Gasteiger partial charge >= 0.3 is 5.69 Å². The zero-order valence-electron chi connectivity index (χ0n) is 21.3. The molecule has 0 unspecified atom stereocenters. The predicted molar refractivity (Wildman–Crippen MR) is 144 cm³/mol. The summed E-state index contributed by atoms with van der Waals surface area (Å²) in [6, 6.07) is 27.8. The largest absolute Gasteiger partial charge is 0.494 e. The van der Waals surface area contributed by atoms with E-state index in [9.17, 15) is 19.8 Å². The molecule has 0 bridgehead atoms. The normalized spacial score (nSPS) is 21.1. The Balaban J connectivity index is 1.66. The average Bonchev–Trinajstić information content (AvgIpc) is 3.27. The summed E-state index contributed by atoms with van der Waals surface area (Å²) in [6.45, 7) is 1.96. The van der Waals surface area contributed by atoms with Crippen molar-refractivity contribution in [1.29, 1.82) is 0 Å². The third kappa shape index (κ3) is 5.05. The number of aromatic nitrogens is 2. The fraction of sp³-hybridized carbons (Fsp3) is 0.267. The molecule has 1 aromatic heterocycles. The van der Waals surface area contributed by atoms with Gasteiger partial charge in [-0.3, -0.25) is 14.3 Å². The van der Waals surface area contributed by atoms with Crippen LogP contribution in [0.1, 0.15) is 29.8 Å². The van der Waals surface area contributed by atoms with E-state index < -0.39 is 48.0 Å². The monoisotopic (exact) mass is 530 g/mol. The maximum Gasteiger partial charge on any atom is 0.330 e. The van der Waals surface area contributed by atoms with Gasteiger partial charge in [-0.25, -0.2) is 4.79 Å². The lowest BCUT2D eigenvalue weighted by Gasteiger charge is -2.39. The minimum Gasteiger partial charge on any atom is -0.494 e. The Bertz CT molecular complexity index is 1450. The third-order valence-corrected chi connectivity index (χ3v) is 6.86. The van der Waals surface area contributed by atoms with Crippen molar-refractivity contribution in [3.63, 3.8) is 0 Å². The van der Waals surface area contributed by atoms with Gasteiger partial charge in [0.15, 0.2) is 6.23 Å². The van der Waals surface area contributed by atoms with Gasteiger partial charge in [0.2, 0.25) is 0 Å². The second kappa shape index (κ2) is 11.4. The van der Waals surface area contributed by atoms with E-state index in [1.165, 1.54) is 6.20 Å². The molecule has 0 aliphatic carbocycles. The van der Waals surface area contributed by atoms with Crippen LogP contribution in [-0.2, 0) is 15.1 Å². The van der Waals surface area contributed by atoms with Gasteiger partial charge in [0.25, 0.3) is 5.56 Å². The van der Waals surface area contributed by atoms with Gasteiger partial charge in [0.05, 0.1) is 13.2 Å². The summed E-state index contributed by atoms with van der Waals surface area (Å²) >= 11 is 0. The number of nitrogens with one attached hydrogen (secondary N) is 1. The van der Waals surface area contributed by atoms with Crippen molar-refractivity contribution >= 4 is 0 Å². The van der Waals surface area contributed by atoms with Crippen molar-refractivity contribution in [2.45, 2.75) is 37.1 Å². The van der Waals surface area contributed by atoms with Crippen LogP contribution in [0.4, 0.5) is 0 Å². The first-order valence-electron chi connectivity index (χ1n) is 12.8. The first kappa shape index (κ1) is 26.6. The van der Waals surface area contributed by atoms with Gasteiger partial charge in [0.1, 0.15) is 29.7 Å². The number of hydrogen-bond donors (Lipinski definition) is 3. The van der Waals surface area contributed by atoms with Crippen LogP contribution in [0.5, 0.6) is 5.75 Å². The van der Waals surface area contributed by atoms with Crippen molar-refractivity contribution in [3.05, 3.63) is 135 Å². The highest BCUT2D eigenvalue weighted by molar-refractivity contribution is 5.48. The molecule has 5 rings (SSSR count). The van der Waals surface area contributed by atoms with Gasteiger partial charge < -0.3 is 24.4 Å². The lowest BCUT2D eigenvalue weighted by atomic mass is 9.79. The van der Waals surface area contributed by atoms with Gasteiger partial charge in [-0.2, -0.15) is 0 Å². The van der Waals surface area contributed by atoms with Crippen LogP contribution < -0.4 is 16.0 Å². The molecular weight excluding hydrogens is 500 g/mol. The van der Waals surface area contributed by atoms with Gasteiger partial charge in [-0.05, 0) is 35.7 Å². The molecule has 202 valence electrons. The summed E-state index contributed by atoms with van der Waals surface area (Å²) in [5.74, 6) is 0.700. The average molecular weight is 531 g/mol. The minimum absolute atomic E-state index is 0.473. The van der Waals surface area contributed by atoms with Crippen LogP contribution >= 0.6 is 0 Å². The van der Waals surface area contributed by atoms with Crippen molar-refractivity contribution in [3.8, 4) is 5.75 Å². The number of benzene rings is 3. The van der Waals surface area contributed by atoms with Gasteiger partial charge in [-0.15, -0.1) is 0 Å². The van der Waals surface area contributed by atoms with Crippen LogP contribution in [0.25, 0.3) is 0 Å². The first-order valence-corrected chi connectivity index (χ1v) is 12.8. The minimum atomic E-state index is -1.36. The molecule has 4 aromatic rings. The van der Waals surface area contributed by atoms with E-state index >= 15 is 0 Å². The molecule has 0 amide bonds. The Hall–Kier alpha value is -4.02. The Kier molecular flexibility index (Phi) is 7.76. The maximum absolute atomic E-state index is 12.5. The molecule has 0 spiro atoms. The highest BCUT2D eigenvalue weighted by Crippen LogP contribution is 2.45. The Morgan fingerprint density at radius 2 is 1.49 bits per heavy atom. The molecule has 39 heavy (non-hydrogen) atoms. The number of ether oxygens (including phenoxy) is 3. The van der Waals surface area contributed by atoms with E-state index in [2.05, 4.69) is 4.98 Å². The number of aromatic amines is 1. The molecule has 0 radical (unpaired) electrons. The lowest BCUT2D eigenvalue weighted by Crippen LogP contribution is -2.45. The van der Waals surface area contributed by atoms with E-state index in [1.54, 1.807) is 0 Å². The highest BCUT2D eigenvalue weighted by Gasteiger charge is 2.51. The molecule has 2 heterocycles. The summed E-state index contributed by atoms with van der Waals surface area (Å²) in [5.41, 5.74) is -0.217. The van der Waals surface area contributed by atoms with Crippen molar-refractivity contribution in [2.24, 2.45) is 0 Å². The zero-order chi connectivity index (χ0) is 27.4. The Labute approximate surface area is 224 Å². The van der Waals surface area contributed by atoms with Crippen LogP contribution in [0.2, 0.25) is 0 Å². The summed E-state index contributed by atoms with van der Waals surface area (Å²) in [4.78, 5) is 26.3. The van der Waals surface area contributed by atoms with E-state index in [0.717, 1.165) is 27.3 Å². The van der Waals surface area contributed by atoms with Crippen molar-refractivity contribution < 1.29 is 24.4 Å². The number of hydrogen-bond acceptors (Lipinski definition) is 7. The summed E-state index contributed by atoms with van der Waals surface area (Å²) in [5, 5.41) is 21.7. The summed E-state index contributed by atoms with van der Waals surface area (Å²) < 4.78 is 19.6. The molecule has 1 aliphatic rings. The SMILES string of the molecule is CCOc1ccc(C(O[C@H]2[C@@H](O)[C@H](n3ccc(=O)[nH]c3=O)O[C@@H]2CO)(c2ccccc2)c2ccccc2)cc1. The summed E-state index contributed by atoms with van der Waals surface area (Å²) in [6.07, 6.45) is -3.34. The molecular formula is C30H30N2O7. The second-order valence-corrected chi connectivity index (χ2v) is 9.21. The molecule has 1 fully saturated rings. The number of aliphatic hydroxyl groups excluding tert-OH is 2. The fourth-order valence-corrected chi connectivity index (χ4v) is 5.08. The predicted octanol–water partition coefficient (Wildman–Crippen LogP) is 2.56. The van der Waals surface area contributed by atoms with Crippen LogP contribution in [0.15, 0.2) is 107 Å². The van der Waals surface area contributed by atoms with Crippen LogP contribution in [-0.4, -0.2) is 51.3 Å². The molecule has 9 nitrogen and oxygen atoms in total. The van der Waals surface area contributed by atoms with E-state index in [-0.39, 0.29) is 0 Å². The second-order valence-electron chi connectivity index (χ2n) is 9.21. The quantitative estimate of drug-likeness (QED) is 0.284. The van der Waals surface area contributed by atoms with E-state index in [4.69, 9.17) is 14.2 Å². The van der Waals surface area contributed by atoms with Crippen molar-refractivity contribution in [1.82, 2.24) is 9.55 Å². The first-order chi connectivity index (χ1) is 19.0. The molecule has 9 heteroatoms. The number of H-pyrrole nitrogens is 1. The van der Waals surface area contributed by atoms with Crippen LogP contribution in [0.3, 0.4) is 0 Å². The Morgan fingerprint density at radius 1 is 0.897 bits per heavy atom. The van der Waals surface area contributed by atoms with Gasteiger partial charge in [-0.1, -0.05) is 72.8 Å². The standard InChI is InChI=1S/C30H30N2O7/c1-2-37-23-15-13-22(14-16-23)30(20-9-5-3-6-10-20,21-11-7-4-8-12-21)39-27-24(19-33)38-28(26(27)35)32-18-17-25(34)31-29(32)36/h3-18,24,26-28,33,35H,2,19H2,1H3,(H,31,34,36)/t24-,26-,27-,28-/m1/s1. The lowest BCUT2D eigenvalue weighted by molar-refractivity contribution is -0.112. The van der Waals surface area contributed by atoms with E-state index in [1.807, 2.05) is 91.9 Å². The maximum atomic E-state index is 12.5. The molecule has 4 atom stereocenters. The Morgan fingerprint density at radius 3 is 2.03 bits per heavy atom. The summed E-state index contributed by atoms with van der Waals surface area (Å²) in [7, 11) is 0. The van der Waals surface area contributed by atoms with Gasteiger partial charge in [0, 0.05) is 12.3 Å². The molecule has 0 saturated carbocycles. The smallest absolute Gasteiger partial charge is 0.330 e. The third-order valence-electron chi connectivity index (χ3n) is 6.86. The highest BCUT2D eigenvalue weighted by atomic mass is 16.6. The molecule has 3 aromatic carbocycles. The zero-order valence-corrected chi connectivity index (χ0v) is 21.3. The molecule has 3 N–H and O–H groups in total. The number of nitrogens with zero attached hydrogens (tertiary/aromatic N) is 1.